The minimum absolute atomic E-state index is 0.365. The highest BCUT2D eigenvalue weighted by molar-refractivity contribution is 7.80. The van der Waals surface area contributed by atoms with Gasteiger partial charge in [-0.25, -0.2) is 4.79 Å². The number of aryl methyl sites for hydroxylation is 1. The van der Waals surface area contributed by atoms with Crippen LogP contribution < -0.4 is 10.6 Å². The van der Waals surface area contributed by atoms with Gasteiger partial charge in [-0.2, -0.15) is 0 Å². The zero-order chi connectivity index (χ0) is 18.6. The van der Waals surface area contributed by atoms with Crippen LogP contribution in [-0.2, 0) is 17.7 Å². The predicted molar refractivity (Wildman–Crippen MR) is 109 cm³/mol. The Bertz CT molecular complexity index is 806. The summed E-state index contributed by atoms with van der Waals surface area (Å²) < 4.78 is 4.90. The maximum absolute atomic E-state index is 12.1. The molecule has 0 aliphatic heterocycles. The summed E-state index contributed by atoms with van der Waals surface area (Å²) >= 11 is 18.7. The molecule has 0 saturated heterocycles. The first-order valence-corrected chi connectivity index (χ1v) is 9.54. The zero-order valence-corrected chi connectivity index (χ0v) is 17.2. The van der Waals surface area contributed by atoms with Crippen molar-refractivity contribution in [1.82, 2.24) is 5.32 Å². The molecule has 0 fully saturated rings. The van der Waals surface area contributed by atoms with Crippen molar-refractivity contribution in [3.05, 3.63) is 49.8 Å². The molecule has 0 radical (unpaired) electrons. The number of hydrogen-bond acceptors (Lipinski definition) is 4. The van der Waals surface area contributed by atoms with E-state index in [0.29, 0.717) is 32.3 Å². The number of hydrogen-bond donors (Lipinski definition) is 2. The molecule has 0 aliphatic rings. The van der Waals surface area contributed by atoms with E-state index in [2.05, 4.69) is 10.6 Å². The van der Waals surface area contributed by atoms with Crippen molar-refractivity contribution in [3.8, 4) is 0 Å². The van der Waals surface area contributed by atoms with Crippen LogP contribution in [0, 0.1) is 6.92 Å². The minimum atomic E-state index is -0.365. The van der Waals surface area contributed by atoms with Crippen LogP contribution in [-0.4, -0.2) is 18.2 Å². The number of carbonyl (C=O) groups is 1. The third-order valence-corrected chi connectivity index (χ3v) is 5.66. The number of ether oxygens (including phenoxy) is 1. The number of thiophene rings is 1. The topological polar surface area (TPSA) is 50.4 Å². The Balaban J connectivity index is 2.10. The molecule has 1 aromatic heterocycles. The standard InChI is InChI=1S/C17H18Cl2N2O2S2/c1-4-11-9(2)25-15(14(11)16(22)23-3)21-17(24)20-8-10-5-6-12(18)13(19)7-10/h5-7H,4,8H2,1-3H3,(H2,20,21,24). The summed E-state index contributed by atoms with van der Waals surface area (Å²) in [6.45, 7) is 4.47. The number of esters is 1. The number of thiocarbonyl (C=S) groups is 1. The Labute approximate surface area is 166 Å². The van der Waals surface area contributed by atoms with Gasteiger partial charge in [-0.1, -0.05) is 36.2 Å². The van der Waals surface area contributed by atoms with Crippen LogP contribution in [0.3, 0.4) is 0 Å². The molecule has 1 heterocycles. The molecule has 0 aliphatic carbocycles. The van der Waals surface area contributed by atoms with E-state index in [1.54, 1.807) is 12.1 Å². The second-order valence-electron chi connectivity index (χ2n) is 5.24. The quantitative estimate of drug-likeness (QED) is 0.518. The number of methoxy groups -OCH3 is 1. The smallest absolute Gasteiger partial charge is 0.341 e. The van der Waals surface area contributed by atoms with Crippen LogP contribution >= 0.6 is 46.8 Å². The maximum Gasteiger partial charge on any atom is 0.341 e. The van der Waals surface area contributed by atoms with Crippen LogP contribution in [0.1, 0.15) is 33.3 Å². The fourth-order valence-electron chi connectivity index (χ4n) is 2.39. The van der Waals surface area contributed by atoms with Crippen molar-refractivity contribution >= 4 is 62.8 Å². The van der Waals surface area contributed by atoms with Gasteiger partial charge in [0, 0.05) is 11.4 Å². The first-order valence-electron chi connectivity index (χ1n) is 7.56. The van der Waals surface area contributed by atoms with E-state index < -0.39 is 0 Å². The Hall–Kier alpha value is -1.34. The van der Waals surface area contributed by atoms with E-state index in [4.69, 9.17) is 40.2 Å². The molecule has 0 spiro atoms. The molecule has 0 amide bonds. The normalized spacial score (nSPS) is 10.4. The molecular weight excluding hydrogens is 399 g/mol. The molecular formula is C17H18Cl2N2O2S2. The van der Waals surface area contributed by atoms with Crippen LogP contribution in [0.25, 0.3) is 0 Å². The van der Waals surface area contributed by atoms with Gasteiger partial charge < -0.3 is 15.4 Å². The van der Waals surface area contributed by atoms with Crippen molar-refractivity contribution in [1.29, 1.82) is 0 Å². The fraction of sp³-hybridized carbons (Fsp3) is 0.294. The average Bonchev–Trinajstić information content (AvgIpc) is 2.90. The fourth-order valence-corrected chi connectivity index (χ4v) is 4.09. The molecule has 4 nitrogen and oxygen atoms in total. The van der Waals surface area contributed by atoms with Gasteiger partial charge in [0.05, 0.1) is 22.7 Å². The number of halogens is 2. The van der Waals surface area contributed by atoms with Crippen molar-refractivity contribution in [2.24, 2.45) is 0 Å². The van der Waals surface area contributed by atoms with Crippen molar-refractivity contribution in [2.45, 2.75) is 26.8 Å². The van der Waals surface area contributed by atoms with Crippen LogP contribution in [0.5, 0.6) is 0 Å². The Morgan fingerprint density at radius 1 is 1.32 bits per heavy atom. The van der Waals surface area contributed by atoms with Gasteiger partial charge in [0.1, 0.15) is 5.00 Å². The number of carbonyl (C=O) groups excluding carboxylic acids is 1. The van der Waals surface area contributed by atoms with E-state index in [0.717, 1.165) is 22.4 Å². The lowest BCUT2D eigenvalue weighted by atomic mass is 10.1. The highest BCUT2D eigenvalue weighted by atomic mass is 35.5. The minimum Gasteiger partial charge on any atom is -0.465 e. The van der Waals surface area contributed by atoms with Crippen LogP contribution in [0.4, 0.5) is 5.00 Å². The Morgan fingerprint density at radius 2 is 2.04 bits per heavy atom. The lowest BCUT2D eigenvalue weighted by Crippen LogP contribution is -2.28. The molecule has 0 unspecified atom stereocenters. The first-order chi connectivity index (χ1) is 11.9. The van der Waals surface area contributed by atoms with Gasteiger partial charge in [0.2, 0.25) is 0 Å². The molecule has 0 bridgehead atoms. The van der Waals surface area contributed by atoms with Gasteiger partial charge in [0.15, 0.2) is 5.11 Å². The van der Waals surface area contributed by atoms with Gasteiger partial charge in [-0.3, -0.25) is 0 Å². The summed E-state index contributed by atoms with van der Waals surface area (Å²) in [5.41, 5.74) is 2.47. The molecule has 8 heteroatoms. The number of rotatable bonds is 5. The largest absolute Gasteiger partial charge is 0.465 e. The lowest BCUT2D eigenvalue weighted by Gasteiger charge is -2.11. The number of nitrogens with one attached hydrogen (secondary N) is 2. The van der Waals surface area contributed by atoms with Gasteiger partial charge >= 0.3 is 5.97 Å². The second-order valence-corrected chi connectivity index (χ2v) is 7.69. The highest BCUT2D eigenvalue weighted by Gasteiger charge is 2.22. The average molecular weight is 417 g/mol. The summed E-state index contributed by atoms with van der Waals surface area (Å²) in [5, 5.41) is 8.30. The third-order valence-electron chi connectivity index (χ3n) is 3.62. The van der Waals surface area contributed by atoms with E-state index in [9.17, 15) is 4.79 Å². The predicted octanol–water partition coefficient (Wildman–Crippen LogP) is 5.20. The van der Waals surface area contributed by atoms with Crippen LogP contribution in [0.15, 0.2) is 18.2 Å². The molecule has 25 heavy (non-hydrogen) atoms. The maximum atomic E-state index is 12.1. The van der Waals surface area contributed by atoms with E-state index in [1.807, 2.05) is 19.9 Å². The summed E-state index contributed by atoms with van der Waals surface area (Å²) in [6, 6.07) is 5.39. The monoisotopic (exact) mass is 416 g/mol. The van der Waals surface area contributed by atoms with E-state index >= 15 is 0 Å². The molecule has 2 aromatic rings. The summed E-state index contributed by atoms with van der Waals surface area (Å²) in [4.78, 5) is 13.2. The Morgan fingerprint density at radius 3 is 2.64 bits per heavy atom. The van der Waals surface area contributed by atoms with E-state index in [-0.39, 0.29) is 5.97 Å². The Kier molecular flexibility index (Phi) is 7.07. The van der Waals surface area contributed by atoms with Gasteiger partial charge in [-0.15, -0.1) is 11.3 Å². The van der Waals surface area contributed by atoms with E-state index in [1.165, 1.54) is 18.4 Å². The molecule has 0 atom stereocenters. The lowest BCUT2D eigenvalue weighted by molar-refractivity contribution is 0.0601. The molecule has 2 N–H and O–H groups in total. The summed E-state index contributed by atoms with van der Waals surface area (Å²) in [5.74, 6) is -0.365. The van der Waals surface area contributed by atoms with Crippen molar-refractivity contribution < 1.29 is 9.53 Å². The zero-order valence-electron chi connectivity index (χ0n) is 14.0. The highest BCUT2D eigenvalue weighted by Crippen LogP contribution is 2.34. The van der Waals surface area contributed by atoms with Crippen LogP contribution in [0.2, 0.25) is 10.0 Å². The summed E-state index contributed by atoms with van der Waals surface area (Å²) in [7, 11) is 1.37. The molecule has 2 rings (SSSR count). The second kappa shape index (κ2) is 8.85. The SMILES string of the molecule is CCc1c(C)sc(NC(=S)NCc2ccc(Cl)c(Cl)c2)c1C(=O)OC. The van der Waals surface area contributed by atoms with Crippen molar-refractivity contribution in [3.63, 3.8) is 0 Å². The molecule has 0 saturated carbocycles. The first kappa shape index (κ1) is 20.0. The molecule has 134 valence electrons. The third kappa shape index (κ3) is 4.85. The van der Waals surface area contributed by atoms with Crippen molar-refractivity contribution in [2.75, 3.05) is 12.4 Å². The number of benzene rings is 1. The molecule has 1 aromatic carbocycles. The summed E-state index contributed by atoms with van der Waals surface area (Å²) in [6.07, 6.45) is 0.748. The number of anilines is 1. The van der Waals surface area contributed by atoms with Gasteiger partial charge in [0.25, 0.3) is 0 Å². The van der Waals surface area contributed by atoms with Gasteiger partial charge in [-0.05, 0) is 48.8 Å².